The third-order valence-corrected chi connectivity index (χ3v) is 4.62. The summed E-state index contributed by atoms with van der Waals surface area (Å²) >= 11 is 0. The molecule has 0 saturated carbocycles. The van der Waals surface area contributed by atoms with Crippen molar-refractivity contribution in [2.45, 2.75) is 33.1 Å². The molecule has 1 heteroatoms. The molecule has 0 N–H and O–H groups in total. The van der Waals surface area contributed by atoms with Gasteiger partial charge >= 0.3 is 0 Å². The number of aromatic nitrogens is 1. The Morgan fingerprint density at radius 2 is 1.91 bits per heavy atom. The van der Waals surface area contributed by atoms with Crippen molar-refractivity contribution >= 4 is 10.8 Å². The smallest absolute Gasteiger partial charge is 0.0743 e. The van der Waals surface area contributed by atoms with E-state index in [1.807, 2.05) is 0 Å². The van der Waals surface area contributed by atoms with Crippen LogP contribution >= 0.6 is 0 Å². The van der Waals surface area contributed by atoms with Crippen LogP contribution in [0.4, 0.5) is 0 Å². The number of hydrogen-bond donors (Lipinski definition) is 0. The lowest BCUT2D eigenvalue weighted by molar-refractivity contribution is 0.648. The zero-order valence-corrected chi connectivity index (χ0v) is 13.3. The summed E-state index contributed by atoms with van der Waals surface area (Å²) in [6, 6.07) is 15.6. The number of hydrogen-bond acceptors (Lipinski definition) is 1. The molecule has 1 heterocycles. The number of pyridine rings is 1. The van der Waals surface area contributed by atoms with Crippen LogP contribution in [0.2, 0.25) is 0 Å². The third-order valence-electron chi connectivity index (χ3n) is 4.62. The summed E-state index contributed by atoms with van der Waals surface area (Å²) in [6.45, 7) is 4.54. The maximum Gasteiger partial charge on any atom is 0.0743 e. The molecule has 0 fully saturated rings. The molecule has 0 saturated heterocycles. The van der Waals surface area contributed by atoms with Crippen molar-refractivity contribution in [3.05, 3.63) is 65.4 Å². The van der Waals surface area contributed by atoms with Crippen molar-refractivity contribution < 1.29 is 0 Å². The first-order valence-corrected chi connectivity index (χ1v) is 8.21. The fraction of sp³-hybridized carbons (Fsp3) is 0.286. The van der Waals surface area contributed by atoms with Crippen LogP contribution in [0.3, 0.4) is 0 Å². The Balaban J connectivity index is 1.88. The monoisotopic (exact) mass is 287 g/mol. The number of fused-ring (bicyclic) bond motifs is 5. The van der Waals surface area contributed by atoms with Gasteiger partial charge in [-0.2, -0.15) is 0 Å². The molecule has 0 aliphatic heterocycles. The van der Waals surface area contributed by atoms with E-state index in [4.69, 9.17) is 4.98 Å². The van der Waals surface area contributed by atoms with Crippen LogP contribution in [0.15, 0.2) is 48.7 Å². The second-order valence-corrected chi connectivity index (χ2v) is 6.76. The van der Waals surface area contributed by atoms with Crippen LogP contribution in [0.1, 0.15) is 30.5 Å². The highest BCUT2D eigenvalue weighted by molar-refractivity contribution is 5.91. The van der Waals surface area contributed by atoms with Crippen LogP contribution in [0, 0.1) is 5.92 Å². The van der Waals surface area contributed by atoms with Gasteiger partial charge in [0.25, 0.3) is 0 Å². The van der Waals surface area contributed by atoms with Gasteiger partial charge in [-0.05, 0) is 53.3 Å². The van der Waals surface area contributed by atoms with Crippen molar-refractivity contribution in [3.8, 4) is 11.3 Å². The van der Waals surface area contributed by atoms with Gasteiger partial charge in [-0.25, -0.2) is 0 Å². The van der Waals surface area contributed by atoms with Crippen molar-refractivity contribution in [1.82, 2.24) is 4.98 Å². The highest BCUT2D eigenvalue weighted by atomic mass is 14.7. The lowest BCUT2D eigenvalue weighted by atomic mass is 9.86. The standard InChI is InChI=1S/C21H21N/c1-14(2)11-15-7-9-18-17(12-15)13-22-21-19-6-4-3-5-16(19)8-10-20(18)21/h3-7,9,12-14H,8,10-11H2,1-2H3. The maximum absolute atomic E-state index is 4.81. The minimum Gasteiger partial charge on any atom is -0.255 e. The second-order valence-electron chi connectivity index (χ2n) is 6.76. The SMILES string of the molecule is CC(C)Cc1ccc2c3c(ncc2c1)-c1ccccc1CC3. The average molecular weight is 287 g/mol. The van der Waals surface area contributed by atoms with Crippen LogP contribution in [0.5, 0.6) is 0 Å². The Morgan fingerprint density at radius 3 is 2.77 bits per heavy atom. The summed E-state index contributed by atoms with van der Waals surface area (Å²) in [4.78, 5) is 4.81. The molecule has 1 aliphatic carbocycles. The molecule has 0 bridgehead atoms. The highest BCUT2D eigenvalue weighted by Crippen LogP contribution is 2.35. The van der Waals surface area contributed by atoms with Crippen molar-refractivity contribution in [3.63, 3.8) is 0 Å². The highest BCUT2D eigenvalue weighted by Gasteiger charge is 2.19. The van der Waals surface area contributed by atoms with E-state index in [0.717, 1.165) is 19.3 Å². The quantitative estimate of drug-likeness (QED) is 0.631. The topological polar surface area (TPSA) is 12.9 Å². The lowest BCUT2D eigenvalue weighted by Crippen LogP contribution is -2.06. The molecule has 0 amide bonds. The Hall–Kier alpha value is -2.15. The fourth-order valence-electron chi connectivity index (χ4n) is 3.65. The predicted molar refractivity (Wildman–Crippen MR) is 93.1 cm³/mol. The summed E-state index contributed by atoms with van der Waals surface area (Å²) < 4.78 is 0. The molecule has 2 aromatic carbocycles. The predicted octanol–water partition coefficient (Wildman–Crippen LogP) is 5.20. The Morgan fingerprint density at radius 1 is 1.05 bits per heavy atom. The van der Waals surface area contributed by atoms with Gasteiger partial charge in [-0.15, -0.1) is 0 Å². The Labute approximate surface area is 132 Å². The largest absolute Gasteiger partial charge is 0.255 e. The van der Waals surface area contributed by atoms with Gasteiger partial charge in [-0.3, -0.25) is 4.98 Å². The molecular weight excluding hydrogens is 266 g/mol. The summed E-state index contributed by atoms with van der Waals surface area (Å²) in [5.74, 6) is 0.690. The molecule has 4 rings (SSSR count). The molecule has 1 aromatic heterocycles. The normalized spacial score (nSPS) is 13.2. The molecule has 1 aliphatic rings. The molecular formula is C21H21N. The molecule has 0 atom stereocenters. The van der Waals surface area contributed by atoms with Crippen LogP contribution in [-0.4, -0.2) is 4.98 Å². The summed E-state index contributed by atoms with van der Waals surface area (Å²) in [6.07, 6.45) is 5.41. The first-order chi connectivity index (χ1) is 10.7. The van der Waals surface area contributed by atoms with Gasteiger partial charge in [0.1, 0.15) is 0 Å². The van der Waals surface area contributed by atoms with Crippen molar-refractivity contribution in [2.24, 2.45) is 5.92 Å². The molecule has 22 heavy (non-hydrogen) atoms. The Kier molecular flexibility index (Phi) is 3.22. The van der Waals surface area contributed by atoms with E-state index in [-0.39, 0.29) is 0 Å². The van der Waals surface area contributed by atoms with Crippen LogP contribution in [0.25, 0.3) is 22.0 Å². The molecule has 0 unspecified atom stereocenters. The number of rotatable bonds is 2. The van der Waals surface area contributed by atoms with Gasteiger partial charge in [0.2, 0.25) is 0 Å². The fourth-order valence-corrected chi connectivity index (χ4v) is 3.65. The minimum absolute atomic E-state index is 0.690. The van der Waals surface area contributed by atoms with E-state index in [1.54, 1.807) is 0 Å². The van der Waals surface area contributed by atoms with E-state index in [9.17, 15) is 0 Å². The van der Waals surface area contributed by atoms with E-state index >= 15 is 0 Å². The first kappa shape index (κ1) is 13.5. The van der Waals surface area contributed by atoms with Gasteiger partial charge < -0.3 is 0 Å². The average Bonchev–Trinajstić information content (AvgIpc) is 2.53. The van der Waals surface area contributed by atoms with Crippen LogP contribution < -0.4 is 0 Å². The third kappa shape index (κ3) is 2.21. The summed E-state index contributed by atoms with van der Waals surface area (Å²) in [5.41, 5.74) is 6.77. The summed E-state index contributed by atoms with van der Waals surface area (Å²) in [7, 11) is 0. The van der Waals surface area contributed by atoms with E-state index in [2.05, 4.69) is 62.5 Å². The van der Waals surface area contributed by atoms with Crippen molar-refractivity contribution in [1.29, 1.82) is 0 Å². The van der Waals surface area contributed by atoms with E-state index in [1.165, 1.54) is 38.7 Å². The zero-order valence-electron chi connectivity index (χ0n) is 13.3. The van der Waals surface area contributed by atoms with E-state index < -0.39 is 0 Å². The maximum atomic E-state index is 4.81. The van der Waals surface area contributed by atoms with Gasteiger partial charge in [-0.1, -0.05) is 50.2 Å². The summed E-state index contributed by atoms with van der Waals surface area (Å²) in [5, 5.41) is 2.67. The van der Waals surface area contributed by atoms with Gasteiger partial charge in [0.05, 0.1) is 5.69 Å². The molecule has 0 radical (unpaired) electrons. The molecule has 110 valence electrons. The number of nitrogens with zero attached hydrogens (tertiary/aromatic N) is 1. The molecule has 1 nitrogen and oxygen atoms in total. The van der Waals surface area contributed by atoms with Crippen molar-refractivity contribution in [2.75, 3.05) is 0 Å². The van der Waals surface area contributed by atoms with E-state index in [0.29, 0.717) is 5.92 Å². The zero-order chi connectivity index (χ0) is 15.1. The van der Waals surface area contributed by atoms with Gasteiger partial charge in [0.15, 0.2) is 0 Å². The van der Waals surface area contributed by atoms with Gasteiger partial charge in [0, 0.05) is 17.1 Å². The number of aryl methyl sites for hydroxylation is 2. The molecule has 0 spiro atoms. The first-order valence-electron chi connectivity index (χ1n) is 8.21. The molecule has 3 aromatic rings. The van der Waals surface area contributed by atoms with Crippen LogP contribution in [-0.2, 0) is 19.3 Å². The number of benzene rings is 2. The lowest BCUT2D eigenvalue weighted by Gasteiger charge is -2.20. The Bertz CT molecular complexity index is 846. The second kappa shape index (κ2) is 5.24. The minimum atomic E-state index is 0.690.